The van der Waals surface area contributed by atoms with Crippen LogP contribution >= 0.6 is 12.2 Å². The Balaban J connectivity index is 1.97. The standard InChI is InChI=1S/C18H23N3S/c1-13(14-7-9-15(10-8-14)18(2,3)4)20-17(22)21-16-6-5-11-19-12-16/h5-13H,1-4H3,(H2,20,21,22). The summed E-state index contributed by atoms with van der Waals surface area (Å²) in [5.74, 6) is 0. The number of anilines is 1. The van der Waals surface area contributed by atoms with Crippen LogP contribution in [0.5, 0.6) is 0 Å². The number of hydrogen-bond acceptors (Lipinski definition) is 2. The maximum absolute atomic E-state index is 5.35. The first-order chi connectivity index (χ1) is 10.4. The van der Waals surface area contributed by atoms with Gasteiger partial charge in [0.1, 0.15) is 0 Å². The van der Waals surface area contributed by atoms with E-state index in [9.17, 15) is 0 Å². The molecule has 0 fully saturated rings. The quantitative estimate of drug-likeness (QED) is 0.822. The van der Waals surface area contributed by atoms with Gasteiger partial charge in [-0.25, -0.2) is 0 Å². The molecule has 1 unspecified atom stereocenters. The lowest BCUT2D eigenvalue weighted by Gasteiger charge is -2.21. The number of nitrogens with one attached hydrogen (secondary N) is 2. The van der Waals surface area contributed by atoms with Gasteiger partial charge in [-0.15, -0.1) is 0 Å². The first-order valence-corrected chi connectivity index (χ1v) is 7.85. The Bertz CT molecular complexity index is 615. The van der Waals surface area contributed by atoms with Crippen molar-refractivity contribution in [3.05, 3.63) is 59.9 Å². The molecule has 2 aromatic rings. The van der Waals surface area contributed by atoms with Gasteiger partial charge >= 0.3 is 0 Å². The predicted molar refractivity (Wildman–Crippen MR) is 97.2 cm³/mol. The van der Waals surface area contributed by atoms with Crippen LogP contribution in [0, 0.1) is 0 Å². The second-order valence-corrected chi connectivity index (χ2v) is 6.84. The van der Waals surface area contributed by atoms with Crippen molar-refractivity contribution >= 4 is 23.0 Å². The minimum atomic E-state index is 0.144. The van der Waals surface area contributed by atoms with Crippen molar-refractivity contribution in [3.8, 4) is 0 Å². The van der Waals surface area contributed by atoms with Gasteiger partial charge in [-0.2, -0.15) is 0 Å². The molecular weight excluding hydrogens is 290 g/mol. The monoisotopic (exact) mass is 313 g/mol. The van der Waals surface area contributed by atoms with E-state index in [1.54, 1.807) is 12.4 Å². The van der Waals surface area contributed by atoms with E-state index in [1.165, 1.54) is 11.1 Å². The lowest BCUT2D eigenvalue weighted by Crippen LogP contribution is -2.30. The Kier molecular flexibility index (Phi) is 5.14. The molecule has 0 saturated carbocycles. The SMILES string of the molecule is CC(NC(=S)Nc1cccnc1)c1ccc(C(C)(C)C)cc1. The molecule has 2 rings (SSSR count). The van der Waals surface area contributed by atoms with E-state index in [-0.39, 0.29) is 11.5 Å². The Morgan fingerprint density at radius 1 is 1.14 bits per heavy atom. The van der Waals surface area contributed by atoms with Crippen molar-refractivity contribution in [2.45, 2.75) is 39.2 Å². The van der Waals surface area contributed by atoms with Gasteiger partial charge in [-0.1, -0.05) is 45.0 Å². The number of aromatic nitrogens is 1. The summed E-state index contributed by atoms with van der Waals surface area (Å²) in [5, 5.41) is 7.03. The summed E-state index contributed by atoms with van der Waals surface area (Å²) in [5.41, 5.74) is 3.60. The largest absolute Gasteiger partial charge is 0.356 e. The maximum atomic E-state index is 5.35. The van der Waals surface area contributed by atoms with Crippen molar-refractivity contribution < 1.29 is 0 Å². The van der Waals surface area contributed by atoms with Gasteiger partial charge in [0.15, 0.2) is 5.11 Å². The van der Waals surface area contributed by atoms with Gasteiger partial charge in [0.25, 0.3) is 0 Å². The molecule has 0 aliphatic rings. The highest BCUT2D eigenvalue weighted by molar-refractivity contribution is 7.80. The fraction of sp³-hybridized carbons (Fsp3) is 0.333. The van der Waals surface area contributed by atoms with Crippen LogP contribution in [0.3, 0.4) is 0 Å². The summed E-state index contributed by atoms with van der Waals surface area (Å²) < 4.78 is 0. The molecule has 4 heteroatoms. The summed E-state index contributed by atoms with van der Waals surface area (Å²) in [4.78, 5) is 4.06. The highest BCUT2D eigenvalue weighted by Gasteiger charge is 2.14. The average molecular weight is 313 g/mol. The van der Waals surface area contributed by atoms with Crippen molar-refractivity contribution in [3.63, 3.8) is 0 Å². The van der Waals surface area contributed by atoms with Crippen LogP contribution in [-0.2, 0) is 5.41 Å². The molecule has 3 nitrogen and oxygen atoms in total. The third-order valence-corrected chi connectivity index (χ3v) is 3.76. The third kappa shape index (κ3) is 4.53. The molecule has 0 saturated heterocycles. The Labute approximate surface area is 138 Å². The number of rotatable bonds is 3. The molecule has 0 radical (unpaired) electrons. The van der Waals surface area contributed by atoms with E-state index in [2.05, 4.69) is 67.6 Å². The number of hydrogen-bond donors (Lipinski definition) is 2. The van der Waals surface area contributed by atoms with Gasteiger partial charge in [0.2, 0.25) is 0 Å². The molecule has 22 heavy (non-hydrogen) atoms. The molecule has 1 heterocycles. The zero-order valence-corrected chi connectivity index (χ0v) is 14.4. The van der Waals surface area contributed by atoms with Gasteiger partial charge in [0, 0.05) is 6.20 Å². The molecule has 2 N–H and O–H groups in total. The van der Waals surface area contributed by atoms with Crippen LogP contribution in [0.4, 0.5) is 5.69 Å². The number of pyridine rings is 1. The average Bonchev–Trinajstić information content (AvgIpc) is 2.47. The van der Waals surface area contributed by atoms with Crippen LogP contribution < -0.4 is 10.6 Å². The van der Waals surface area contributed by atoms with E-state index in [4.69, 9.17) is 12.2 Å². The highest BCUT2D eigenvalue weighted by atomic mass is 32.1. The van der Waals surface area contributed by atoms with Gasteiger partial charge in [0.05, 0.1) is 17.9 Å². The fourth-order valence-corrected chi connectivity index (χ4v) is 2.45. The van der Waals surface area contributed by atoms with E-state index in [0.717, 1.165) is 5.69 Å². The van der Waals surface area contributed by atoms with E-state index in [1.807, 2.05) is 12.1 Å². The molecule has 1 aromatic heterocycles. The lowest BCUT2D eigenvalue weighted by atomic mass is 9.86. The van der Waals surface area contributed by atoms with Gasteiger partial charge in [-0.05, 0) is 47.8 Å². The van der Waals surface area contributed by atoms with Gasteiger partial charge in [-0.3, -0.25) is 4.98 Å². The second kappa shape index (κ2) is 6.88. The molecule has 0 amide bonds. The Hall–Kier alpha value is -1.94. The topological polar surface area (TPSA) is 37.0 Å². The molecule has 1 atom stereocenters. The van der Waals surface area contributed by atoms with Crippen molar-refractivity contribution in [1.29, 1.82) is 0 Å². The third-order valence-electron chi connectivity index (χ3n) is 3.54. The van der Waals surface area contributed by atoms with Crippen molar-refractivity contribution in [1.82, 2.24) is 10.3 Å². The first-order valence-electron chi connectivity index (χ1n) is 7.44. The van der Waals surface area contributed by atoms with Crippen molar-refractivity contribution in [2.24, 2.45) is 0 Å². The number of thiocarbonyl (C=S) groups is 1. The molecule has 0 aliphatic carbocycles. The molecule has 0 bridgehead atoms. The molecule has 0 spiro atoms. The minimum absolute atomic E-state index is 0.144. The van der Waals surface area contributed by atoms with Crippen molar-refractivity contribution in [2.75, 3.05) is 5.32 Å². The summed E-state index contributed by atoms with van der Waals surface area (Å²) in [6.45, 7) is 8.76. The fourth-order valence-electron chi connectivity index (χ4n) is 2.16. The normalized spacial score (nSPS) is 12.5. The van der Waals surface area contributed by atoms with Crippen LogP contribution in [0.1, 0.15) is 44.9 Å². The molecule has 116 valence electrons. The summed E-state index contributed by atoms with van der Waals surface area (Å²) >= 11 is 5.35. The number of nitrogens with zero attached hydrogens (tertiary/aromatic N) is 1. The van der Waals surface area contributed by atoms with E-state index in [0.29, 0.717) is 5.11 Å². The summed E-state index contributed by atoms with van der Waals surface area (Å²) in [6.07, 6.45) is 3.48. The Morgan fingerprint density at radius 2 is 1.82 bits per heavy atom. The highest BCUT2D eigenvalue weighted by Crippen LogP contribution is 2.23. The Morgan fingerprint density at radius 3 is 2.36 bits per heavy atom. The van der Waals surface area contributed by atoms with Crippen LogP contribution in [0.2, 0.25) is 0 Å². The van der Waals surface area contributed by atoms with E-state index < -0.39 is 0 Å². The van der Waals surface area contributed by atoms with Crippen LogP contribution in [-0.4, -0.2) is 10.1 Å². The summed E-state index contributed by atoms with van der Waals surface area (Å²) in [6, 6.07) is 12.6. The predicted octanol–water partition coefficient (Wildman–Crippen LogP) is 4.43. The van der Waals surface area contributed by atoms with E-state index >= 15 is 0 Å². The zero-order chi connectivity index (χ0) is 16.2. The molecule has 1 aromatic carbocycles. The molecular formula is C18H23N3S. The minimum Gasteiger partial charge on any atom is -0.356 e. The summed E-state index contributed by atoms with van der Waals surface area (Å²) in [7, 11) is 0. The smallest absolute Gasteiger partial charge is 0.171 e. The van der Waals surface area contributed by atoms with Crippen LogP contribution in [0.15, 0.2) is 48.8 Å². The zero-order valence-electron chi connectivity index (χ0n) is 13.6. The number of benzene rings is 1. The lowest BCUT2D eigenvalue weighted by molar-refractivity contribution is 0.589. The second-order valence-electron chi connectivity index (χ2n) is 6.43. The molecule has 0 aliphatic heterocycles. The maximum Gasteiger partial charge on any atom is 0.171 e. The van der Waals surface area contributed by atoms with Gasteiger partial charge < -0.3 is 10.6 Å². The van der Waals surface area contributed by atoms with Crippen LogP contribution in [0.25, 0.3) is 0 Å². The first kappa shape index (κ1) is 16.4.